The quantitative estimate of drug-likeness (QED) is 0.165. The van der Waals surface area contributed by atoms with E-state index in [0.717, 1.165) is 67.4 Å². The molecule has 7 heteroatoms. The number of furan rings is 2. The minimum absolute atomic E-state index is 0.0667. The van der Waals surface area contributed by atoms with Crippen molar-refractivity contribution in [2.45, 2.75) is 78.6 Å². The zero-order valence-electron chi connectivity index (χ0n) is 40.6. The molecule has 4 nitrogen and oxygen atoms in total. The van der Waals surface area contributed by atoms with Gasteiger partial charge in [0.2, 0.25) is 0 Å². The van der Waals surface area contributed by atoms with Crippen molar-refractivity contribution in [2.24, 2.45) is 0 Å². The lowest BCUT2D eigenvalue weighted by molar-refractivity contribution is 0.590. The molecule has 2 aliphatic rings. The van der Waals surface area contributed by atoms with Crippen LogP contribution in [0.2, 0.25) is 0 Å². The summed E-state index contributed by atoms with van der Waals surface area (Å²) in [6, 6.07) is 58.9. The first kappa shape index (κ1) is 42.3. The highest BCUT2D eigenvalue weighted by Crippen LogP contribution is 2.51. The molecule has 0 spiro atoms. The lowest BCUT2D eigenvalue weighted by Crippen LogP contribution is -2.60. The monoisotopic (exact) mass is 932 g/mol. The first-order valence-electron chi connectivity index (χ1n) is 24.2. The van der Waals surface area contributed by atoms with Gasteiger partial charge in [0.25, 0.3) is 0 Å². The molecule has 7 aromatic carbocycles. The molecule has 338 valence electrons. The van der Waals surface area contributed by atoms with E-state index in [0.29, 0.717) is 0 Å². The van der Waals surface area contributed by atoms with Gasteiger partial charge in [0.05, 0.1) is 11.4 Å². The molecule has 0 bridgehead atoms. The second-order valence-corrected chi connectivity index (χ2v) is 24.4. The number of fused-ring (bicyclic) bond motifs is 10. The Morgan fingerprint density at radius 3 is 1.22 bits per heavy atom. The third kappa shape index (κ3) is 6.68. The third-order valence-corrected chi connectivity index (χ3v) is 16.9. The van der Waals surface area contributed by atoms with Crippen LogP contribution < -0.4 is 26.6 Å². The van der Waals surface area contributed by atoms with E-state index >= 15 is 0 Å². The van der Waals surface area contributed by atoms with E-state index in [1.165, 1.54) is 63.2 Å². The summed E-state index contributed by atoms with van der Waals surface area (Å²) in [6.07, 6.45) is 0. The average molecular weight is 933 g/mol. The van der Waals surface area contributed by atoms with Gasteiger partial charge in [-0.15, -0.1) is 22.7 Å². The van der Waals surface area contributed by atoms with Crippen LogP contribution in [0.1, 0.15) is 79.0 Å². The summed E-state index contributed by atoms with van der Waals surface area (Å²) < 4.78 is 17.3. The fraction of sp³-hybridized carbons (Fsp3) is 0.194. The molecule has 11 aromatic rings. The van der Waals surface area contributed by atoms with Crippen LogP contribution in [0.3, 0.4) is 0 Å². The van der Waals surface area contributed by atoms with Gasteiger partial charge in [-0.05, 0) is 145 Å². The predicted octanol–water partition coefficient (Wildman–Crippen LogP) is 16.9. The van der Waals surface area contributed by atoms with E-state index in [4.69, 9.17) is 8.83 Å². The van der Waals surface area contributed by atoms with Gasteiger partial charge >= 0.3 is 6.71 Å². The molecule has 0 saturated carbocycles. The number of anilines is 6. The van der Waals surface area contributed by atoms with Crippen molar-refractivity contribution in [3.63, 3.8) is 0 Å². The van der Waals surface area contributed by atoms with Gasteiger partial charge in [-0.1, -0.05) is 135 Å². The molecule has 0 atom stereocenters. The van der Waals surface area contributed by atoms with Crippen molar-refractivity contribution < 1.29 is 8.83 Å². The van der Waals surface area contributed by atoms with Gasteiger partial charge in [0.15, 0.2) is 0 Å². The Morgan fingerprint density at radius 2 is 0.826 bits per heavy atom. The van der Waals surface area contributed by atoms with Gasteiger partial charge < -0.3 is 18.6 Å². The molecule has 2 aliphatic heterocycles. The van der Waals surface area contributed by atoms with Crippen molar-refractivity contribution >= 4 is 122 Å². The minimum atomic E-state index is -0.312. The van der Waals surface area contributed by atoms with E-state index < -0.39 is 0 Å². The van der Waals surface area contributed by atoms with Crippen molar-refractivity contribution in [3.8, 4) is 20.9 Å². The number of hydrogen-bond acceptors (Lipinski definition) is 6. The van der Waals surface area contributed by atoms with Crippen LogP contribution in [0.5, 0.6) is 0 Å². The van der Waals surface area contributed by atoms with Crippen LogP contribution in [0.25, 0.3) is 63.0 Å². The molecule has 0 unspecified atom stereocenters. The molecule has 0 radical (unpaired) electrons. The van der Waals surface area contributed by atoms with Gasteiger partial charge in [0, 0.05) is 52.7 Å². The highest BCUT2D eigenvalue weighted by molar-refractivity contribution is 7.22. The molecule has 0 aliphatic carbocycles. The van der Waals surface area contributed by atoms with Crippen molar-refractivity contribution in [3.05, 3.63) is 174 Å². The summed E-state index contributed by atoms with van der Waals surface area (Å²) in [6.45, 7) is 20.4. The Kier molecular flexibility index (Phi) is 9.11. The van der Waals surface area contributed by atoms with Crippen molar-refractivity contribution in [2.75, 3.05) is 9.80 Å². The lowest BCUT2D eigenvalue weighted by atomic mass is 9.37. The summed E-state index contributed by atoms with van der Waals surface area (Å²) in [5, 5.41) is 4.76. The predicted molar refractivity (Wildman–Crippen MR) is 298 cm³/mol. The van der Waals surface area contributed by atoms with Crippen molar-refractivity contribution in [1.29, 1.82) is 0 Å². The number of benzene rings is 7. The number of hydrogen-bond donors (Lipinski definition) is 0. The maximum Gasteiger partial charge on any atom is 0.342 e. The maximum absolute atomic E-state index is 7.33. The lowest BCUT2D eigenvalue weighted by Gasteiger charge is -2.42. The van der Waals surface area contributed by atoms with E-state index in [1.807, 2.05) is 22.7 Å². The van der Waals surface area contributed by atoms with Gasteiger partial charge in [-0.2, -0.15) is 0 Å². The fourth-order valence-electron chi connectivity index (χ4n) is 10.7. The fourth-order valence-corrected chi connectivity index (χ4v) is 12.8. The molecular formula is C62H53BN2O2S2. The Morgan fingerprint density at radius 1 is 0.420 bits per heavy atom. The zero-order chi connectivity index (χ0) is 47.3. The Balaban J connectivity index is 1.09. The van der Waals surface area contributed by atoms with E-state index in [2.05, 4.69) is 230 Å². The number of nitrogens with zero attached hydrogens (tertiary/aromatic N) is 2. The molecule has 13 rings (SSSR count). The maximum atomic E-state index is 7.33. The molecule has 0 N–H and O–H groups in total. The standard InChI is InChI=1S/C62H53BN2O2S2/c1-60(2,3)40-22-28-49-45(32-40)56-58(66-49)63-55-47(64(56)43-24-18-36(19-25-43)53-30-38-14-10-12-16-51(38)68-53)34-42(62(7,8)9)35-48(55)65(57-46-33-41(61(4,5)6)23-29-50(46)67-59(57)63)44-26-20-37(21-27-44)54-31-39-15-11-13-17-52(39)69-54/h10-35H,1-9H3. The van der Waals surface area contributed by atoms with Crippen LogP contribution in [0, 0.1) is 0 Å². The normalized spacial score (nSPS) is 13.8. The smallest absolute Gasteiger partial charge is 0.342 e. The molecule has 69 heavy (non-hydrogen) atoms. The second-order valence-electron chi connectivity index (χ2n) is 22.2. The summed E-state index contributed by atoms with van der Waals surface area (Å²) in [4.78, 5) is 7.53. The molecule has 0 amide bonds. The first-order chi connectivity index (χ1) is 33.1. The van der Waals surface area contributed by atoms with Gasteiger partial charge in [-0.25, -0.2) is 0 Å². The van der Waals surface area contributed by atoms with Gasteiger partial charge in [0.1, 0.15) is 22.5 Å². The molecule has 4 aromatic heterocycles. The summed E-state index contributed by atoms with van der Waals surface area (Å²) >= 11 is 3.69. The Hall–Kier alpha value is -6.80. The van der Waals surface area contributed by atoms with E-state index in [9.17, 15) is 0 Å². The van der Waals surface area contributed by atoms with Crippen LogP contribution in [-0.2, 0) is 16.2 Å². The van der Waals surface area contributed by atoms with Crippen molar-refractivity contribution in [1.82, 2.24) is 0 Å². The topological polar surface area (TPSA) is 32.8 Å². The largest absolute Gasteiger partial charge is 0.468 e. The van der Waals surface area contributed by atoms with Crippen LogP contribution >= 0.6 is 22.7 Å². The van der Waals surface area contributed by atoms with Crippen LogP contribution in [0.15, 0.2) is 167 Å². The van der Waals surface area contributed by atoms with E-state index in [-0.39, 0.29) is 23.0 Å². The Labute approximate surface area is 412 Å². The summed E-state index contributed by atoms with van der Waals surface area (Å²) in [5.74, 6) is 0. The average Bonchev–Trinajstić information content (AvgIpc) is 4.13. The number of thiophene rings is 2. The molecule has 0 saturated heterocycles. The van der Waals surface area contributed by atoms with Crippen LogP contribution in [0.4, 0.5) is 34.1 Å². The van der Waals surface area contributed by atoms with Crippen LogP contribution in [-0.4, -0.2) is 6.71 Å². The molecule has 0 fully saturated rings. The summed E-state index contributed by atoms with van der Waals surface area (Å²) in [5.41, 5.74) is 17.2. The Bertz CT molecular complexity index is 3560. The molecular weight excluding hydrogens is 880 g/mol. The highest BCUT2D eigenvalue weighted by atomic mass is 32.1. The SMILES string of the molecule is CC(C)(C)c1cc2c3c(c1)N(c1ccc(-c4cc5ccccc5s4)cc1)c1c(oc4ccc(C(C)(C)C)cc14)B3c1oc3ccc(C(C)(C)C)cc3c1N2c1ccc(-c2cc3ccccc3s2)cc1. The third-order valence-electron chi connectivity index (χ3n) is 14.5. The minimum Gasteiger partial charge on any atom is -0.468 e. The zero-order valence-corrected chi connectivity index (χ0v) is 42.2. The molecule has 6 heterocycles. The first-order valence-corrected chi connectivity index (χ1v) is 25.8. The summed E-state index contributed by atoms with van der Waals surface area (Å²) in [7, 11) is 0. The number of rotatable bonds is 4. The highest BCUT2D eigenvalue weighted by Gasteiger charge is 2.50. The second kappa shape index (κ2) is 14.9. The van der Waals surface area contributed by atoms with Gasteiger partial charge in [-0.3, -0.25) is 0 Å². The van der Waals surface area contributed by atoms with E-state index in [1.54, 1.807) is 0 Å².